The van der Waals surface area contributed by atoms with Gasteiger partial charge in [-0.15, -0.1) is 0 Å². The minimum absolute atomic E-state index is 0.0842. The van der Waals surface area contributed by atoms with Gasteiger partial charge in [-0.1, -0.05) is 52.0 Å². The molecule has 0 saturated heterocycles. The van der Waals surface area contributed by atoms with Gasteiger partial charge >= 0.3 is 0 Å². The highest BCUT2D eigenvalue weighted by molar-refractivity contribution is 5.43. The van der Waals surface area contributed by atoms with Crippen molar-refractivity contribution in [3.05, 3.63) is 59.7 Å². The first-order chi connectivity index (χ1) is 14.7. The Morgan fingerprint density at radius 1 is 0.581 bits per heavy atom. The van der Waals surface area contributed by atoms with Crippen molar-refractivity contribution in [3.63, 3.8) is 0 Å². The smallest absolute Gasteiger partial charge is 0.196 e. The van der Waals surface area contributed by atoms with Gasteiger partial charge in [0, 0.05) is 19.6 Å². The predicted molar refractivity (Wildman–Crippen MR) is 127 cm³/mol. The molecule has 0 radical (unpaired) electrons. The van der Waals surface area contributed by atoms with E-state index in [0.717, 1.165) is 24.3 Å². The highest BCUT2D eigenvalue weighted by Gasteiger charge is 2.35. The quantitative estimate of drug-likeness (QED) is 0.348. The standard InChI is InChI=1S/C27H40O4/c1-19(2)17-27(18-20(3)4,23-9-13-25(14-10-23)30-21(5)28-7)24-11-15-26(16-12-24)31-22(6)29-8/h9-16,19-22H,17-18H2,1-8H3. The van der Waals surface area contributed by atoms with Crippen molar-refractivity contribution in [2.45, 2.75) is 72.4 Å². The van der Waals surface area contributed by atoms with Crippen LogP contribution in [0.2, 0.25) is 0 Å². The van der Waals surface area contributed by atoms with E-state index in [1.807, 2.05) is 13.8 Å². The van der Waals surface area contributed by atoms with Gasteiger partial charge in [-0.25, -0.2) is 0 Å². The van der Waals surface area contributed by atoms with Gasteiger partial charge in [0.2, 0.25) is 0 Å². The highest BCUT2D eigenvalue weighted by atomic mass is 16.7. The molecule has 0 N–H and O–H groups in total. The van der Waals surface area contributed by atoms with Crippen molar-refractivity contribution < 1.29 is 18.9 Å². The third-order valence-corrected chi connectivity index (χ3v) is 5.60. The van der Waals surface area contributed by atoms with Crippen LogP contribution in [0.3, 0.4) is 0 Å². The van der Waals surface area contributed by atoms with E-state index in [2.05, 4.69) is 76.2 Å². The number of hydrogen-bond acceptors (Lipinski definition) is 4. The lowest BCUT2D eigenvalue weighted by Gasteiger charge is -2.38. The summed E-state index contributed by atoms with van der Waals surface area (Å²) >= 11 is 0. The first kappa shape index (κ1) is 25.2. The van der Waals surface area contributed by atoms with E-state index in [0.29, 0.717) is 11.8 Å². The lowest BCUT2D eigenvalue weighted by atomic mass is 9.65. The molecule has 2 aromatic carbocycles. The number of rotatable bonds is 12. The van der Waals surface area contributed by atoms with E-state index < -0.39 is 0 Å². The van der Waals surface area contributed by atoms with Crippen LogP contribution in [-0.4, -0.2) is 26.8 Å². The molecule has 0 aliphatic rings. The minimum atomic E-state index is -0.274. The summed E-state index contributed by atoms with van der Waals surface area (Å²) in [5.74, 6) is 2.73. The van der Waals surface area contributed by atoms with Crippen molar-refractivity contribution in [2.75, 3.05) is 14.2 Å². The molecule has 4 nitrogen and oxygen atoms in total. The average Bonchev–Trinajstić information content (AvgIpc) is 2.73. The molecule has 0 aliphatic heterocycles. The van der Waals surface area contributed by atoms with Crippen LogP contribution in [0.15, 0.2) is 48.5 Å². The number of hydrogen-bond donors (Lipinski definition) is 0. The first-order valence-electron chi connectivity index (χ1n) is 11.3. The molecule has 0 aromatic heterocycles. The second-order valence-electron chi connectivity index (χ2n) is 9.17. The Labute approximate surface area is 188 Å². The largest absolute Gasteiger partial charge is 0.465 e. The second-order valence-corrected chi connectivity index (χ2v) is 9.17. The highest BCUT2D eigenvalue weighted by Crippen LogP contribution is 2.44. The molecule has 0 heterocycles. The van der Waals surface area contributed by atoms with Crippen LogP contribution >= 0.6 is 0 Å². The maximum atomic E-state index is 5.81. The predicted octanol–water partition coefficient (Wildman–Crippen LogP) is 6.81. The van der Waals surface area contributed by atoms with Gasteiger partial charge in [-0.3, -0.25) is 0 Å². The zero-order chi connectivity index (χ0) is 23.0. The molecule has 0 bridgehead atoms. The fourth-order valence-electron chi connectivity index (χ4n) is 4.30. The van der Waals surface area contributed by atoms with E-state index in [4.69, 9.17) is 18.9 Å². The lowest BCUT2D eigenvalue weighted by molar-refractivity contribution is -0.0385. The summed E-state index contributed by atoms with van der Waals surface area (Å²) in [4.78, 5) is 0. The van der Waals surface area contributed by atoms with Crippen LogP contribution in [-0.2, 0) is 14.9 Å². The Balaban J connectivity index is 2.47. The molecule has 0 amide bonds. The minimum Gasteiger partial charge on any atom is -0.465 e. The van der Waals surface area contributed by atoms with Crippen molar-refractivity contribution >= 4 is 0 Å². The summed E-state index contributed by atoms with van der Waals surface area (Å²) in [6.07, 6.45) is 1.58. The molecule has 172 valence electrons. The molecule has 0 saturated carbocycles. The van der Waals surface area contributed by atoms with Gasteiger partial charge in [-0.05, 0) is 73.9 Å². The molecule has 2 aromatic rings. The molecule has 0 aliphatic carbocycles. The molecule has 2 unspecified atom stereocenters. The maximum Gasteiger partial charge on any atom is 0.196 e. The monoisotopic (exact) mass is 428 g/mol. The summed E-state index contributed by atoms with van der Waals surface area (Å²) in [5.41, 5.74) is 2.54. The topological polar surface area (TPSA) is 36.9 Å². The number of benzene rings is 2. The van der Waals surface area contributed by atoms with Gasteiger partial charge < -0.3 is 18.9 Å². The van der Waals surface area contributed by atoms with Crippen LogP contribution in [0.25, 0.3) is 0 Å². The van der Waals surface area contributed by atoms with Crippen molar-refractivity contribution in [3.8, 4) is 11.5 Å². The SMILES string of the molecule is COC(C)Oc1ccc(C(CC(C)C)(CC(C)C)c2ccc(OC(C)OC)cc2)cc1. The Kier molecular flexibility index (Phi) is 9.39. The Bertz CT molecular complexity index is 697. The van der Waals surface area contributed by atoms with E-state index in [-0.39, 0.29) is 18.0 Å². The summed E-state index contributed by atoms with van der Waals surface area (Å²) < 4.78 is 22.1. The maximum absolute atomic E-state index is 5.81. The molecule has 2 atom stereocenters. The van der Waals surface area contributed by atoms with Crippen LogP contribution in [0.1, 0.15) is 65.5 Å². The van der Waals surface area contributed by atoms with Gasteiger partial charge in [0.1, 0.15) is 11.5 Å². The fraction of sp³-hybridized carbons (Fsp3) is 0.556. The zero-order valence-corrected chi connectivity index (χ0v) is 20.5. The number of methoxy groups -OCH3 is 2. The van der Waals surface area contributed by atoms with Gasteiger partial charge in [0.25, 0.3) is 0 Å². The van der Waals surface area contributed by atoms with Crippen molar-refractivity contribution in [1.29, 1.82) is 0 Å². The molecule has 31 heavy (non-hydrogen) atoms. The molecule has 0 spiro atoms. The van der Waals surface area contributed by atoms with Crippen molar-refractivity contribution in [2.24, 2.45) is 11.8 Å². The normalized spacial score (nSPS) is 14.0. The van der Waals surface area contributed by atoms with Crippen LogP contribution in [0.5, 0.6) is 11.5 Å². The van der Waals surface area contributed by atoms with E-state index in [1.54, 1.807) is 14.2 Å². The summed E-state index contributed by atoms with van der Waals surface area (Å²) in [6, 6.07) is 17.0. The third kappa shape index (κ3) is 6.98. The van der Waals surface area contributed by atoms with Crippen LogP contribution in [0.4, 0.5) is 0 Å². The van der Waals surface area contributed by atoms with E-state index in [9.17, 15) is 0 Å². The Hall–Kier alpha value is -2.04. The molecular weight excluding hydrogens is 388 g/mol. The summed E-state index contributed by atoms with van der Waals surface area (Å²) in [7, 11) is 3.30. The Morgan fingerprint density at radius 3 is 1.16 bits per heavy atom. The lowest BCUT2D eigenvalue weighted by Crippen LogP contribution is -2.31. The second kappa shape index (κ2) is 11.5. The molecule has 0 fully saturated rings. The summed E-state index contributed by atoms with van der Waals surface area (Å²) in [5, 5.41) is 0. The average molecular weight is 429 g/mol. The van der Waals surface area contributed by atoms with Gasteiger partial charge in [0.05, 0.1) is 0 Å². The van der Waals surface area contributed by atoms with Crippen LogP contribution in [0, 0.1) is 11.8 Å². The summed E-state index contributed by atoms with van der Waals surface area (Å²) in [6.45, 7) is 13.0. The van der Waals surface area contributed by atoms with Gasteiger partial charge in [-0.2, -0.15) is 0 Å². The first-order valence-corrected chi connectivity index (χ1v) is 11.3. The van der Waals surface area contributed by atoms with Crippen molar-refractivity contribution in [1.82, 2.24) is 0 Å². The third-order valence-electron chi connectivity index (χ3n) is 5.60. The zero-order valence-electron chi connectivity index (χ0n) is 20.5. The fourth-order valence-corrected chi connectivity index (χ4v) is 4.30. The van der Waals surface area contributed by atoms with Gasteiger partial charge in [0.15, 0.2) is 12.6 Å². The van der Waals surface area contributed by atoms with Crippen LogP contribution < -0.4 is 9.47 Å². The van der Waals surface area contributed by atoms with E-state index >= 15 is 0 Å². The Morgan fingerprint density at radius 2 is 0.903 bits per heavy atom. The molecule has 4 heteroatoms. The number of ether oxygens (including phenoxy) is 4. The molecular formula is C27H40O4. The van der Waals surface area contributed by atoms with E-state index in [1.165, 1.54) is 11.1 Å². The molecule has 2 rings (SSSR count).